The SMILES string of the molecule is CC(=O)OCC=C(C)CCCBr. The summed E-state index contributed by atoms with van der Waals surface area (Å²) >= 11 is 3.36. The van der Waals surface area contributed by atoms with Crippen LogP contribution in [-0.4, -0.2) is 17.9 Å². The smallest absolute Gasteiger partial charge is 0.302 e. The average molecular weight is 235 g/mol. The fraction of sp³-hybridized carbons (Fsp3) is 0.667. The second-order valence-electron chi connectivity index (χ2n) is 2.65. The predicted octanol–water partition coefficient (Wildman–Crippen LogP) is 2.67. The summed E-state index contributed by atoms with van der Waals surface area (Å²) in [6.45, 7) is 3.87. The zero-order chi connectivity index (χ0) is 9.40. The normalized spacial score (nSPS) is 11.4. The molecule has 0 aromatic heterocycles. The Labute approximate surface area is 82.1 Å². The van der Waals surface area contributed by atoms with E-state index in [0.29, 0.717) is 6.61 Å². The van der Waals surface area contributed by atoms with Crippen LogP contribution in [0.2, 0.25) is 0 Å². The van der Waals surface area contributed by atoms with Crippen LogP contribution in [0.1, 0.15) is 26.7 Å². The maximum atomic E-state index is 10.4. The Morgan fingerprint density at radius 2 is 2.17 bits per heavy atom. The Balaban J connectivity index is 3.47. The molecule has 0 saturated heterocycles. The number of allylic oxidation sites excluding steroid dienone is 1. The molecule has 70 valence electrons. The number of carbonyl (C=O) groups excluding carboxylic acids is 1. The quantitative estimate of drug-likeness (QED) is 0.416. The molecule has 0 N–H and O–H groups in total. The molecule has 0 aliphatic heterocycles. The first-order chi connectivity index (χ1) is 5.66. The zero-order valence-corrected chi connectivity index (χ0v) is 9.19. The lowest BCUT2D eigenvalue weighted by atomic mass is 10.2. The second kappa shape index (κ2) is 7.35. The van der Waals surface area contributed by atoms with Crippen molar-refractivity contribution in [3.05, 3.63) is 11.6 Å². The van der Waals surface area contributed by atoms with Gasteiger partial charge in [0.1, 0.15) is 6.61 Å². The third-order valence-corrected chi connectivity index (χ3v) is 1.98. The first kappa shape index (κ1) is 11.7. The summed E-state index contributed by atoms with van der Waals surface area (Å²) in [5.41, 5.74) is 1.27. The van der Waals surface area contributed by atoms with E-state index in [0.717, 1.165) is 18.2 Å². The Hall–Kier alpha value is -0.310. The Kier molecular flexibility index (Phi) is 7.16. The molecule has 0 saturated carbocycles. The number of halogens is 1. The Morgan fingerprint density at radius 1 is 1.50 bits per heavy atom. The molecule has 0 spiro atoms. The fourth-order valence-corrected chi connectivity index (χ4v) is 1.03. The van der Waals surface area contributed by atoms with Crippen LogP contribution in [0.15, 0.2) is 11.6 Å². The number of hydrogen-bond acceptors (Lipinski definition) is 2. The second-order valence-corrected chi connectivity index (χ2v) is 3.44. The van der Waals surface area contributed by atoms with E-state index >= 15 is 0 Å². The van der Waals surface area contributed by atoms with E-state index in [2.05, 4.69) is 15.9 Å². The minimum Gasteiger partial charge on any atom is -0.462 e. The van der Waals surface area contributed by atoms with Gasteiger partial charge in [0.15, 0.2) is 0 Å². The van der Waals surface area contributed by atoms with Gasteiger partial charge in [-0.15, -0.1) is 0 Å². The fourth-order valence-electron chi connectivity index (χ4n) is 0.749. The van der Waals surface area contributed by atoms with Gasteiger partial charge in [-0.25, -0.2) is 0 Å². The first-order valence-corrected chi connectivity index (χ1v) is 5.14. The van der Waals surface area contributed by atoms with Crippen LogP contribution in [0.5, 0.6) is 0 Å². The summed E-state index contributed by atoms with van der Waals surface area (Å²) in [6, 6.07) is 0. The molecule has 0 atom stereocenters. The molecule has 0 aromatic rings. The molecule has 0 aromatic carbocycles. The van der Waals surface area contributed by atoms with Gasteiger partial charge in [-0.05, 0) is 25.8 Å². The number of esters is 1. The first-order valence-electron chi connectivity index (χ1n) is 4.01. The molecule has 2 nitrogen and oxygen atoms in total. The van der Waals surface area contributed by atoms with Crippen LogP contribution >= 0.6 is 15.9 Å². The number of carbonyl (C=O) groups is 1. The molecule has 0 fully saturated rings. The summed E-state index contributed by atoms with van der Waals surface area (Å²) in [4.78, 5) is 10.4. The van der Waals surface area contributed by atoms with Crippen molar-refractivity contribution in [2.24, 2.45) is 0 Å². The van der Waals surface area contributed by atoms with Crippen molar-refractivity contribution < 1.29 is 9.53 Å². The summed E-state index contributed by atoms with van der Waals surface area (Å²) in [5.74, 6) is -0.223. The highest BCUT2D eigenvalue weighted by atomic mass is 79.9. The lowest BCUT2D eigenvalue weighted by Crippen LogP contribution is -1.98. The van der Waals surface area contributed by atoms with Gasteiger partial charge >= 0.3 is 5.97 Å². The monoisotopic (exact) mass is 234 g/mol. The van der Waals surface area contributed by atoms with Gasteiger partial charge in [0.2, 0.25) is 0 Å². The van der Waals surface area contributed by atoms with Crippen LogP contribution in [-0.2, 0) is 9.53 Å². The highest BCUT2D eigenvalue weighted by Crippen LogP contribution is 2.04. The highest BCUT2D eigenvalue weighted by molar-refractivity contribution is 9.09. The summed E-state index contributed by atoms with van der Waals surface area (Å²) < 4.78 is 4.77. The number of alkyl halides is 1. The molecule has 3 heteroatoms. The van der Waals surface area contributed by atoms with Crippen molar-refractivity contribution >= 4 is 21.9 Å². The molecule has 0 bridgehead atoms. The molecule has 0 aliphatic rings. The zero-order valence-electron chi connectivity index (χ0n) is 7.60. The van der Waals surface area contributed by atoms with Gasteiger partial charge < -0.3 is 4.74 Å². The maximum absolute atomic E-state index is 10.4. The van der Waals surface area contributed by atoms with Gasteiger partial charge in [-0.1, -0.05) is 21.5 Å². The third kappa shape index (κ3) is 7.79. The number of rotatable bonds is 5. The van der Waals surface area contributed by atoms with Gasteiger partial charge in [0.25, 0.3) is 0 Å². The Bertz CT molecular complexity index is 164. The van der Waals surface area contributed by atoms with E-state index < -0.39 is 0 Å². The van der Waals surface area contributed by atoms with E-state index in [-0.39, 0.29) is 5.97 Å². The number of ether oxygens (including phenoxy) is 1. The van der Waals surface area contributed by atoms with Crippen molar-refractivity contribution in [1.82, 2.24) is 0 Å². The topological polar surface area (TPSA) is 26.3 Å². The van der Waals surface area contributed by atoms with E-state index in [4.69, 9.17) is 4.74 Å². The van der Waals surface area contributed by atoms with Crippen LogP contribution in [0.25, 0.3) is 0 Å². The minimum absolute atomic E-state index is 0.223. The standard InChI is InChI=1S/C9H15BrO2/c1-8(4-3-6-10)5-7-12-9(2)11/h5H,3-4,6-7H2,1-2H3. The largest absolute Gasteiger partial charge is 0.462 e. The third-order valence-electron chi connectivity index (χ3n) is 1.42. The van der Waals surface area contributed by atoms with Crippen LogP contribution < -0.4 is 0 Å². The average Bonchev–Trinajstić information content (AvgIpc) is 2.00. The summed E-state index contributed by atoms with van der Waals surface area (Å²) in [6.07, 6.45) is 4.14. The Morgan fingerprint density at radius 3 is 2.67 bits per heavy atom. The van der Waals surface area contributed by atoms with Crippen LogP contribution in [0.3, 0.4) is 0 Å². The molecule has 0 rings (SSSR count). The van der Waals surface area contributed by atoms with Crippen molar-refractivity contribution in [2.75, 3.05) is 11.9 Å². The lowest BCUT2D eigenvalue weighted by molar-refractivity contribution is -0.139. The maximum Gasteiger partial charge on any atom is 0.302 e. The minimum atomic E-state index is -0.223. The van der Waals surface area contributed by atoms with E-state index in [1.807, 2.05) is 13.0 Å². The van der Waals surface area contributed by atoms with Gasteiger partial charge in [-0.3, -0.25) is 4.79 Å². The van der Waals surface area contributed by atoms with Gasteiger partial charge in [-0.2, -0.15) is 0 Å². The highest BCUT2D eigenvalue weighted by Gasteiger charge is 1.91. The van der Waals surface area contributed by atoms with Crippen molar-refractivity contribution in [2.45, 2.75) is 26.7 Å². The molecule has 12 heavy (non-hydrogen) atoms. The van der Waals surface area contributed by atoms with E-state index in [1.165, 1.54) is 12.5 Å². The number of hydrogen-bond donors (Lipinski definition) is 0. The molecule has 0 heterocycles. The predicted molar refractivity (Wildman–Crippen MR) is 53.4 cm³/mol. The van der Waals surface area contributed by atoms with Gasteiger partial charge in [0, 0.05) is 12.3 Å². The summed E-state index contributed by atoms with van der Waals surface area (Å²) in [5, 5.41) is 1.02. The summed E-state index contributed by atoms with van der Waals surface area (Å²) in [7, 11) is 0. The van der Waals surface area contributed by atoms with E-state index in [1.54, 1.807) is 0 Å². The molecule has 0 amide bonds. The van der Waals surface area contributed by atoms with Crippen molar-refractivity contribution in [3.8, 4) is 0 Å². The van der Waals surface area contributed by atoms with Crippen LogP contribution in [0.4, 0.5) is 0 Å². The molecular formula is C9H15BrO2. The molecule has 0 radical (unpaired) electrons. The molecular weight excluding hydrogens is 220 g/mol. The molecule has 0 unspecified atom stereocenters. The van der Waals surface area contributed by atoms with Crippen LogP contribution in [0, 0.1) is 0 Å². The lowest BCUT2D eigenvalue weighted by Gasteiger charge is -1.99. The van der Waals surface area contributed by atoms with Gasteiger partial charge in [0.05, 0.1) is 0 Å². The molecule has 0 aliphatic carbocycles. The van der Waals surface area contributed by atoms with Crippen molar-refractivity contribution in [3.63, 3.8) is 0 Å². The van der Waals surface area contributed by atoms with E-state index in [9.17, 15) is 4.79 Å². The van der Waals surface area contributed by atoms with Crippen molar-refractivity contribution in [1.29, 1.82) is 0 Å².